The lowest BCUT2D eigenvalue weighted by Crippen LogP contribution is -2.05. The Kier molecular flexibility index (Phi) is 6.25. The highest BCUT2D eigenvalue weighted by Crippen LogP contribution is 2.30. The minimum atomic E-state index is -0.712. The zero-order valence-electron chi connectivity index (χ0n) is 12.8. The van der Waals surface area contributed by atoms with Crippen LogP contribution in [0.25, 0.3) is 16.5 Å². The van der Waals surface area contributed by atoms with Gasteiger partial charge in [-0.25, -0.2) is 4.79 Å². The summed E-state index contributed by atoms with van der Waals surface area (Å²) >= 11 is 6.02. The second-order valence-corrected chi connectivity index (χ2v) is 4.97. The first kappa shape index (κ1) is 17.4. The van der Waals surface area contributed by atoms with Crippen LogP contribution in [0.2, 0.25) is 5.02 Å². The number of ether oxygens (including phenoxy) is 2. The molecule has 0 N–H and O–H groups in total. The average Bonchev–Trinajstić information content (AvgIpc) is 2.57. The maximum atomic E-state index is 11.9. The first-order chi connectivity index (χ1) is 11.6. The molecule has 0 spiro atoms. The van der Waals surface area contributed by atoms with Gasteiger partial charge in [0.25, 0.3) is 0 Å². The highest BCUT2D eigenvalue weighted by atomic mass is 35.5. The molecule has 0 bridgehead atoms. The third kappa shape index (κ3) is 4.78. The van der Waals surface area contributed by atoms with E-state index in [1.54, 1.807) is 37.3 Å². The van der Waals surface area contributed by atoms with Crippen LogP contribution in [0.4, 0.5) is 0 Å². The van der Waals surface area contributed by atoms with Crippen LogP contribution in [0.15, 0.2) is 59.3 Å². The quantitative estimate of drug-likeness (QED) is 0.233. The number of hydrogen-bond acceptors (Lipinski definition) is 4. The number of hydrogen-bond donors (Lipinski definition) is 0. The van der Waals surface area contributed by atoms with Crippen molar-refractivity contribution in [1.29, 1.82) is 0 Å². The fourth-order valence-electron chi connectivity index (χ4n) is 1.86. The Morgan fingerprint density at radius 2 is 2.04 bits per heavy atom. The molecule has 24 heavy (non-hydrogen) atoms. The van der Waals surface area contributed by atoms with Gasteiger partial charge in [0.15, 0.2) is 0 Å². The third-order valence-corrected chi connectivity index (χ3v) is 3.11. The van der Waals surface area contributed by atoms with Gasteiger partial charge in [0, 0.05) is 21.6 Å². The number of rotatable bonds is 6. The molecule has 6 nitrogen and oxygen atoms in total. The molecule has 0 saturated carbocycles. The lowest BCUT2D eigenvalue weighted by molar-refractivity contribution is -0.138. The number of azide groups is 1. The third-order valence-electron chi connectivity index (χ3n) is 2.88. The molecule has 0 amide bonds. The van der Waals surface area contributed by atoms with Crippen molar-refractivity contribution in [3.63, 3.8) is 0 Å². The molecule has 0 radical (unpaired) electrons. The van der Waals surface area contributed by atoms with E-state index in [9.17, 15) is 4.79 Å². The fraction of sp³-hybridized carbons (Fsp3) is 0.118. The van der Waals surface area contributed by atoms with Crippen molar-refractivity contribution < 1.29 is 14.3 Å². The molecule has 2 aromatic carbocycles. The van der Waals surface area contributed by atoms with Crippen molar-refractivity contribution in [2.45, 2.75) is 6.92 Å². The van der Waals surface area contributed by atoms with Crippen LogP contribution in [0.1, 0.15) is 12.5 Å². The second-order valence-electron chi connectivity index (χ2n) is 4.54. The maximum absolute atomic E-state index is 11.9. The van der Waals surface area contributed by atoms with Gasteiger partial charge in [-0.1, -0.05) is 34.9 Å². The van der Waals surface area contributed by atoms with Crippen molar-refractivity contribution in [2.75, 3.05) is 6.61 Å². The molecule has 0 aromatic heterocycles. The van der Waals surface area contributed by atoms with E-state index in [4.69, 9.17) is 26.6 Å². The Bertz CT molecular complexity index is 800. The predicted octanol–water partition coefficient (Wildman–Crippen LogP) is 5.35. The van der Waals surface area contributed by atoms with E-state index >= 15 is 0 Å². The van der Waals surface area contributed by atoms with Crippen LogP contribution >= 0.6 is 11.6 Å². The summed E-state index contributed by atoms with van der Waals surface area (Å²) in [5.41, 5.74) is 9.00. The van der Waals surface area contributed by atoms with Crippen molar-refractivity contribution in [1.82, 2.24) is 0 Å². The Morgan fingerprint density at radius 1 is 1.29 bits per heavy atom. The van der Waals surface area contributed by atoms with Crippen molar-refractivity contribution in [3.05, 3.63) is 75.3 Å². The molecule has 2 aromatic rings. The van der Waals surface area contributed by atoms with Crippen LogP contribution in [0.5, 0.6) is 11.5 Å². The minimum absolute atomic E-state index is 0.167. The molecule has 0 aliphatic carbocycles. The van der Waals surface area contributed by atoms with Gasteiger partial charge in [-0.3, -0.25) is 0 Å². The van der Waals surface area contributed by atoms with Gasteiger partial charge < -0.3 is 9.47 Å². The first-order valence-corrected chi connectivity index (χ1v) is 7.48. The van der Waals surface area contributed by atoms with Gasteiger partial charge in [-0.05, 0) is 42.8 Å². The molecule has 7 heteroatoms. The summed E-state index contributed by atoms with van der Waals surface area (Å²) in [4.78, 5) is 14.5. The summed E-state index contributed by atoms with van der Waals surface area (Å²) in [6, 6.07) is 14.0. The highest BCUT2D eigenvalue weighted by Gasteiger charge is 2.11. The van der Waals surface area contributed by atoms with E-state index in [1.807, 2.05) is 18.2 Å². The van der Waals surface area contributed by atoms with Gasteiger partial charge in [0.05, 0.1) is 6.61 Å². The van der Waals surface area contributed by atoms with Gasteiger partial charge in [0.1, 0.15) is 17.2 Å². The molecule has 0 unspecified atom stereocenters. The number of carbonyl (C=O) groups excluding carboxylic acids is 1. The Balaban J connectivity index is 2.43. The summed E-state index contributed by atoms with van der Waals surface area (Å²) in [6.07, 6.45) is 1.40. The van der Waals surface area contributed by atoms with E-state index < -0.39 is 5.97 Å². The van der Waals surface area contributed by atoms with Crippen molar-refractivity contribution in [3.8, 4) is 11.5 Å². The summed E-state index contributed by atoms with van der Waals surface area (Å²) < 4.78 is 10.7. The standard InChI is InChI=1S/C17H14ClN3O3/c1-2-23-17(22)15(20-21-19)10-12-8-9-13(18)11-16(12)24-14-6-4-3-5-7-14/h3-11H,2H2,1H3/b15-10+. The lowest BCUT2D eigenvalue weighted by atomic mass is 10.1. The van der Waals surface area contributed by atoms with Crippen molar-refractivity contribution >= 4 is 23.6 Å². The van der Waals surface area contributed by atoms with E-state index in [0.29, 0.717) is 22.1 Å². The zero-order valence-corrected chi connectivity index (χ0v) is 13.6. The predicted molar refractivity (Wildman–Crippen MR) is 91.7 cm³/mol. The van der Waals surface area contributed by atoms with Crippen LogP contribution in [-0.2, 0) is 9.53 Å². The summed E-state index contributed by atoms with van der Waals surface area (Å²) in [7, 11) is 0. The maximum Gasteiger partial charge on any atom is 0.340 e. The zero-order chi connectivity index (χ0) is 17.4. The largest absolute Gasteiger partial charge is 0.462 e. The van der Waals surface area contributed by atoms with Crippen LogP contribution in [0.3, 0.4) is 0 Å². The van der Waals surface area contributed by atoms with E-state index in [2.05, 4.69) is 10.0 Å². The van der Waals surface area contributed by atoms with E-state index in [-0.39, 0.29) is 12.3 Å². The number of halogens is 1. The van der Waals surface area contributed by atoms with Gasteiger partial charge >= 0.3 is 5.97 Å². The lowest BCUT2D eigenvalue weighted by Gasteiger charge is -2.10. The molecular weight excluding hydrogens is 330 g/mol. The van der Waals surface area contributed by atoms with E-state index in [0.717, 1.165) is 0 Å². The fourth-order valence-corrected chi connectivity index (χ4v) is 2.02. The molecule has 2 rings (SSSR count). The SMILES string of the molecule is CCOC(=O)/C(=C\c1ccc(Cl)cc1Oc1ccccc1)N=[N+]=[N-]. The monoisotopic (exact) mass is 343 g/mol. The molecule has 0 saturated heterocycles. The molecule has 0 fully saturated rings. The number of nitrogens with zero attached hydrogens (tertiary/aromatic N) is 3. The average molecular weight is 344 g/mol. The van der Waals surface area contributed by atoms with Crippen LogP contribution < -0.4 is 4.74 Å². The Labute approximate surface area is 143 Å². The summed E-state index contributed by atoms with van der Waals surface area (Å²) in [5.74, 6) is 0.315. The molecule has 0 heterocycles. The highest BCUT2D eigenvalue weighted by molar-refractivity contribution is 6.30. The Morgan fingerprint density at radius 3 is 2.71 bits per heavy atom. The van der Waals surface area contributed by atoms with Gasteiger partial charge in [-0.15, -0.1) is 0 Å². The molecule has 0 atom stereocenters. The smallest absolute Gasteiger partial charge is 0.340 e. The number of esters is 1. The van der Waals surface area contributed by atoms with Gasteiger partial charge in [-0.2, -0.15) is 0 Å². The van der Waals surface area contributed by atoms with Crippen LogP contribution in [-0.4, -0.2) is 12.6 Å². The first-order valence-electron chi connectivity index (χ1n) is 7.10. The molecule has 0 aliphatic rings. The van der Waals surface area contributed by atoms with Crippen molar-refractivity contribution in [2.24, 2.45) is 5.11 Å². The van der Waals surface area contributed by atoms with Gasteiger partial charge in [0.2, 0.25) is 0 Å². The Hall–Kier alpha value is -2.95. The normalized spacial score (nSPS) is 10.7. The summed E-state index contributed by atoms with van der Waals surface area (Å²) in [6.45, 7) is 1.84. The molecule has 0 aliphatic heterocycles. The second kappa shape index (κ2) is 8.62. The van der Waals surface area contributed by atoms with Crippen LogP contribution in [0, 0.1) is 0 Å². The molecule has 122 valence electrons. The van der Waals surface area contributed by atoms with E-state index in [1.165, 1.54) is 6.08 Å². The topological polar surface area (TPSA) is 84.3 Å². The molecular formula is C17H14ClN3O3. The number of para-hydroxylation sites is 1. The number of benzene rings is 2. The number of carbonyl (C=O) groups is 1. The minimum Gasteiger partial charge on any atom is -0.462 e. The summed E-state index contributed by atoms with van der Waals surface area (Å²) in [5, 5.41) is 3.86.